The molecule has 0 fully saturated rings. The van der Waals surface area contributed by atoms with Crippen LogP contribution in [0, 0.1) is 12.7 Å². The third-order valence-electron chi connectivity index (χ3n) is 3.73. The van der Waals surface area contributed by atoms with Crippen molar-refractivity contribution in [2.24, 2.45) is 7.05 Å². The van der Waals surface area contributed by atoms with Crippen molar-refractivity contribution in [2.75, 3.05) is 5.32 Å². The van der Waals surface area contributed by atoms with E-state index in [1.807, 2.05) is 20.0 Å². The summed E-state index contributed by atoms with van der Waals surface area (Å²) in [4.78, 5) is 12.4. The number of halogens is 1. The number of anilines is 2. The van der Waals surface area contributed by atoms with Crippen molar-refractivity contribution in [3.05, 3.63) is 47.7 Å². The Kier molecular flexibility index (Phi) is 4.22. The molecule has 0 aliphatic heterocycles. The van der Waals surface area contributed by atoms with Crippen LogP contribution in [-0.4, -0.2) is 24.7 Å². The topological polar surface area (TPSA) is 96.2 Å². The van der Waals surface area contributed by atoms with Gasteiger partial charge in [-0.15, -0.1) is 0 Å². The average molecular weight is 328 g/mol. The lowest BCUT2D eigenvalue weighted by atomic mass is 9.99. The molecule has 124 valence electrons. The first-order valence-corrected chi connectivity index (χ1v) is 7.54. The Hall–Kier alpha value is -2.87. The molecule has 3 aromatic rings. The van der Waals surface area contributed by atoms with E-state index in [1.165, 1.54) is 6.33 Å². The number of nitrogens with zero attached hydrogens (tertiary/aromatic N) is 5. The van der Waals surface area contributed by atoms with Gasteiger partial charge >= 0.3 is 0 Å². The van der Waals surface area contributed by atoms with E-state index in [4.69, 9.17) is 0 Å². The molecule has 4 N–H and O–H groups in total. The third kappa shape index (κ3) is 3.09. The molecular formula is C16H19FN7+. The Balaban J connectivity index is 1.95. The molecule has 0 aliphatic carbocycles. The van der Waals surface area contributed by atoms with Crippen molar-refractivity contribution >= 4 is 11.8 Å². The first kappa shape index (κ1) is 16.0. The summed E-state index contributed by atoms with van der Waals surface area (Å²) in [7, 11) is 1.81. The number of benzene rings is 1. The number of quaternary nitrogens is 1. The van der Waals surface area contributed by atoms with Gasteiger partial charge in [0.15, 0.2) is 11.6 Å². The van der Waals surface area contributed by atoms with Gasteiger partial charge in [0, 0.05) is 24.9 Å². The fourth-order valence-electron chi connectivity index (χ4n) is 2.49. The lowest BCUT2D eigenvalue weighted by molar-refractivity contribution is -0.420. The molecule has 0 aliphatic rings. The molecule has 3 rings (SSSR count). The molecule has 0 radical (unpaired) electrons. The second-order valence-electron chi connectivity index (χ2n) is 5.67. The van der Waals surface area contributed by atoms with Crippen LogP contribution in [0.4, 0.5) is 16.2 Å². The van der Waals surface area contributed by atoms with Gasteiger partial charge in [-0.3, -0.25) is 4.68 Å². The molecule has 24 heavy (non-hydrogen) atoms. The molecule has 1 aromatic carbocycles. The normalized spacial score (nSPS) is 12.2. The predicted octanol–water partition coefficient (Wildman–Crippen LogP) is 1.77. The molecule has 0 unspecified atom stereocenters. The van der Waals surface area contributed by atoms with E-state index in [-0.39, 0.29) is 17.7 Å². The smallest absolute Gasteiger partial charge is 0.231 e. The highest BCUT2D eigenvalue weighted by atomic mass is 19.1. The first-order valence-electron chi connectivity index (χ1n) is 7.54. The molecule has 1 atom stereocenters. The van der Waals surface area contributed by atoms with Gasteiger partial charge in [0.25, 0.3) is 0 Å². The van der Waals surface area contributed by atoms with Gasteiger partial charge in [0.1, 0.15) is 18.2 Å². The minimum Gasteiger partial charge on any atom is -0.352 e. The van der Waals surface area contributed by atoms with Crippen molar-refractivity contribution < 1.29 is 10.1 Å². The summed E-state index contributed by atoms with van der Waals surface area (Å²) >= 11 is 0. The number of aromatic nitrogens is 5. The maximum Gasteiger partial charge on any atom is 0.231 e. The molecule has 0 bridgehead atoms. The van der Waals surface area contributed by atoms with Crippen molar-refractivity contribution in [3.8, 4) is 11.4 Å². The van der Waals surface area contributed by atoms with Crippen LogP contribution in [0.15, 0.2) is 30.7 Å². The summed E-state index contributed by atoms with van der Waals surface area (Å²) in [5.41, 5.74) is 5.72. The summed E-state index contributed by atoms with van der Waals surface area (Å²) in [6, 6.07) is 5.34. The summed E-state index contributed by atoms with van der Waals surface area (Å²) < 4.78 is 16.4. The van der Waals surface area contributed by atoms with Gasteiger partial charge in [-0.05, 0) is 25.5 Å². The van der Waals surface area contributed by atoms with Gasteiger partial charge in [0.05, 0.1) is 5.56 Å². The number of nitrogens with one attached hydrogen (secondary N) is 1. The van der Waals surface area contributed by atoms with Crippen LogP contribution in [0.1, 0.15) is 24.1 Å². The quantitative estimate of drug-likeness (QED) is 0.761. The summed E-state index contributed by atoms with van der Waals surface area (Å²) in [6.07, 6.45) is 3.15. The minimum atomic E-state index is -0.335. The molecule has 2 heterocycles. The fourth-order valence-corrected chi connectivity index (χ4v) is 2.49. The second kappa shape index (κ2) is 6.32. The Labute approximate surface area is 138 Å². The lowest BCUT2D eigenvalue weighted by Crippen LogP contribution is -2.52. The number of aryl methyl sites for hydroxylation is 1. The van der Waals surface area contributed by atoms with Crippen molar-refractivity contribution in [3.63, 3.8) is 0 Å². The zero-order valence-corrected chi connectivity index (χ0v) is 13.8. The molecule has 0 saturated heterocycles. The Morgan fingerprint density at radius 2 is 2.04 bits per heavy atom. The van der Waals surface area contributed by atoms with Crippen LogP contribution < -0.4 is 11.1 Å². The summed E-state index contributed by atoms with van der Waals surface area (Å²) in [5.74, 6) is 0.850. The SMILES string of the molecule is Cc1c([C@@H](C)[NH3+])ccc(-c2ncnc(Nc3ccn(C)n3)n2)c1F. The van der Waals surface area contributed by atoms with E-state index >= 15 is 0 Å². The van der Waals surface area contributed by atoms with Gasteiger partial charge in [-0.2, -0.15) is 10.1 Å². The standard InChI is InChI=1S/C16H18FN7/c1-9-11(10(2)18)4-5-12(14(9)17)15-19-8-20-16(22-15)21-13-6-7-24(3)23-13/h4-8,10H,18H2,1-3H3,(H,19,20,21,22,23)/p+1/t10-/m1/s1. The highest BCUT2D eigenvalue weighted by Crippen LogP contribution is 2.26. The zero-order valence-electron chi connectivity index (χ0n) is 13.8. The summed E-state index contributed by atoms with van der Waals surface area (Å²) in [5, 5.41) is 7.17. The fraction of sp³-hybridized carbons (Fsp3) is 0.250. The highest BCUT2D eigenvalue weighted by Gasteiger charge is 2.17. The van der Waals surface area contributed by atoms with Crippen molar-refractivity contribution in [2.45, 2.75) is 19.9 Å². The van der Waals surface area contributed by atoms with Gasteiger partial charge in [0.2, 0.25) is 5.95 Å². The van der Waals surface area contributed by atoms with Crippen LogP contribution in [0.25, 0.3) is 11.4 Å². The van der Waals surface area contributed by atoms with E-state index in [9.17, 15) is 4.39 Å². The van der Waals surface area contributed by atoms with Gasteiger partial charge in [-0.1, -0.05) is 6.07 Å². The number of hydrogen-bond acceptors (Lipinski definition) is 5. The maximum absolute atomic E-state index is 14.7. The molecule has 0 spiro atoms. The molecular weight excluding hydrogens is 309 g/mol. The van der Waals surface area contributed by atoms with Crippen LogP contribution >= 0.6 is 0 Å². The highest BCUT2D eigenvalue weighted by molar-refractivity contribution is 5.60. The third-order valence-corrected chi connectivity index (χ3v) is 3.73. The molecule has 2 aromatic heterocycles. The van der Waals surface area contributed by atoms with E-state index in [0.717, 1.165) is 5.56 Å². The Bertz CT molecular complexity index is 873. The predicted molar refractivity (Wildman–Crippen MR) is 87.8 cm³/mol. The lowest BCUT2D eigenvalue weighted by Gasteiger charge is -2.11. The van der Waals surface area contributed by atoms with E-state index < -0.39 is 0 Å². The Morgan fingerprint density at radius 1 is 1.25 bits per heavy atom. The van der Waals surface area contributed by atoms with E-state index in [2.05, 4.69) is 31.1 Å². The average Bonchev–Trinajstić information content (AvgIpc) is 2.95. The molecule has 8 heteroatoms. The van der Waals surface area contributed by atoms with Crippen molar-refractivity contribution in [1.29, 1.82) is 0 Å². The van der Waals surface area contributed by atoms with E-state index in [0.29, 0.717) is 22.9 Å². The van der Waals surface area contributed by atoms with Gasteiger partial charge in [-0.25, -0.2) is 14.4 Å². The van der Waals surface area contributed by atoms with Gasteiger partial charge < -0.3 is 11.1 Å². The first-order chi connectivity index (χ1) is 11.5. The van der Waals surface area contributed by atoms with Crippen LogP contribution in [-0.2, 0) is 7.05 Å². The van der Waals surface area contributed by atoms with Crippen LogP contribution in [0.2, 0.25) is 0 Å². The summed E-state index contributed by atoms with van der Waals surface area (Å²) in [6.45, 7) is 3.67. The Morgan fingerprint density at radius 3 is 2.71 bits per heavy atom. The maximum atomic E-state index is 14.7. The number of hydrogen-bond donors (Lipinski definition) is 2. The van der Waals surface area contributed by atoms with E-state index in [1.54, 1.807) is 29.9 Å². The zero-order chi connectivity index (χ0) is 17.3. The molecule has 7 nitrogen and oxygen atoms in total. The largest absolute Gasteiger partial charge is 0.352 e. The molecule has 0 saturated carbocycles. The minimum absolute atomic E-state index is 0.00768. The number of rotatable bonds is 4. The van der Waals surface area contributed by atoms with Crippen LogP contribution in [0.5, 0.6) is 0 Å². The van der Waals surface area contributed by atoms with Crippen molar-refractivity contribution in [1.82, 2.24) is 24.7 Å². The molecule has 0 amide bonds. The second-order valence-corrected chi connectivity index (χ2v) is 5.67. The van der Waals surface area contributed by atoms with Crippen LogP contribution in [0.3, 0.4) is 0 Å². The monoisotopic (exact) mass is 328 g/mol.